The lowest BCUT2D eigenvalue weighted by molar-refractivity contribution is 0.816. The van der Waals surface area contributed by atoms with Crippen LogP contribution in [0.1, 0.15) is 31.9 Å². The van der Waals surface area contributed by atoms with Crippen molar-refractivity contribution in [2.45, 2.75) is 26.2 Å². The minimum Gasteiger partial charge on any atom is -0.362 e. The molecule has 1 aromatic rings. The van der Waals surface area contributed by atoms with E-state index in [-0.39, 0.29) is 0 Å². The van der Waals surface area contributed by atoms with Gasteiger partial charge in [-0.25, -0.2) is 0 Å². The van der Waals surface area contributed by atoms with Gasteiger partial charge in [-0.15, -0.1) is 0 Å². The molecule has 1 aromatic heterocycles. The zero-order chi connectivity index (χ0) is 7.94. The first-order chi connectivity index (χ1) is 5.43. The van der Waals surface area contributed by atoms with Crippen LogP contribution in [0, 0.1) is 0 Å². The van der Waals surface area contributed by atoms with E-state index >= 15 is 0 Å². The predicted molar refractivity (Wildman–Crippen MR) is 49.4 cm³/mol. The third kappa shape index (κ3) is 3.08. The number of hydrogen-bond donors (Lipinski definition) is 1. The molecule has 0 unspecified atom stereocenters. The first kappa shape index (κ1) is 8.12. The maximum Gasteiger partial charge on any atom is 0.0377 e. The van der Waals surface area contributed by atoms with E-state index in [1.54, 1.807) is 0 Å². The molecule has 0 saturated carbocycles. The molecular weight excluding hydrogens is 134 g/mol. The fourth-order valence-corrected chi connectivity index (χ4v) is 0.980. The van der Waals surface area contributed by atoms with Gasteiger partial charge in [0.25, 0.3) is 0 Å². The van der Waals surface area contributed by atoms with Crippen LogP contribution in [0.2, 0.25) is 0 Å². The average molecular weight is 149 g/mol. The Hall–Kier alpha value is -0.980. The fraction of sp³-hybridized carbons (Fsp3) is 0.400. The number of nitrogens with one attached hydrogen (secondary N) is 1. The van der Waals surface area contributed by atoms with Gasteiger partial charge in [-0.3, -0.25) is 0 Å². The molecule has 0 atom stereocenters. The number of H-pyrrole nitrogens is 1. The lowest BCUT2D eigenvalue weighted by Gasteiger charge is -1.87. The highest BCUT2D eigenvalue weighted by Crippen LogP contribution is 2.01. The molecule has 1 heterocycles. The summed E-state index contributed by atoms with van der Waals surface area (Å²) in [4.78, 5) is 3.13. The number of aromatic amines is 1. The van der Waals surface area contributed by atoms with Crippen molar-refractivity contribution in [3.63, 3.8) is 0 Å². The Balaban J connectivity index is 2.25. The van der Waals surface area contributed by atoms with E-state index in [1.807, 2.05) is 12.3 Å². The van der Waals surface area contributed by atoms with Crippen molar-refractivity contribution >= 4 is 6.08 Å². The van der Waals surface area contributed by atoms with Gasteiger partial charge in [0, 0.05) is 11.9 Å². The number of hydrogen-bond acceptors (Lipinski definition) is 0. The summed E-state index contributed by atoms with van der Waals surface area (Å²) in [7, 11) is 0. The van der Waals surface area contributed by atoms with Crippen LogP contribution in [0.15, 0.2) is 24.4 Å². The van der Waals surface area contributed by atoms with Gasteiger partial charge in [0.2, 0.25) is 0 Å². The highest BCUT2D eigenvalue weighted by molar-refractivity contribution is 5.43. The number of rotatable bonds is 4. The van der Waals surface area contributed by atoms with Gasteiger partial charge in [0.15, 0.2) is 0 Å². The highest BCUT2D eigenvalue weighted by atomic mass is 14.7. The van der Waals surface area contributed by atoms with Gasteiger partial charge < -0.3 is 4.98 Å². The molecule has 1 nitrogen and oxygen atoms in total. The van der Waals surface area contributed by atoms with E-state index in [1.165, 1.54) is 25.0 Å². The molecule has 0 fully saturated rings. The summed E-state index contributed by atoms with van der Waals surface area (Å²) < 4.78 is 0. The highest BCUT2D eigenvalue weighted by Gasteiger charge is 1.82. The molecule has 60 valence electrons. The Kier molecular flexibility index (Phi) is 3.53. The summed E-state index contributed by atoms with van der Waals surface area (Å²) in [6, 6.07) is 4.09. The number of unbranched alkanes of at least 4 members (excludes halogenated alkanes) is 2. The van der Waals surface area contributed by atoms with E-state index in [4.69, 9.17) is 0 Å². The third-order valence-electron chi connectivity index (χ3n) is 1.64. The Morgan fingerprint density at radius 2 is 2.45 bits per heavy atom. The van der Waals surface area contributed by atoms with Crippen LogP contribution >= 0.6 is 0 Å². The average Bonchev–Trinajstić information content (AvgIpc) is 2.50. The van der Waals surface area contributed by atoms with E-state index < -0.39 is 0 Å². The molecule has 1 rings (SSSR count). The first-order valence-electron chi connectivity index (χ1n) is 4.23. The predicted octanol–water partition coefficient (Wildman–Crippen LogP) is 3.22. The summed E-state index contributed by atoms with van der Waals surface area (Å²) in [5.74, 6) is 0. The van der Waals surface area contributed by atoms with E-state index in [2.05, 4.69) is 30.1 Å². The molecule has 0 aliphatic heterocycles. The van der Waals surface area contributed by atoms with Crippen molar-refractivity contribution in [1.82, 2.24) is 4.98 Å². The molecule has 0 radical (unpaired) electrons. The van der Waals surface area contributed by atoms with Crippen LogP contribution in [-0.2, 0) is 0 Å². The molecule has 0 saturated heterocycles. The van der Waals surface area contributed by atoms with Gasteiger partial charge in [0.05, 0.1) is 0 Å². The van der Waals surface area contributed by atoms with E-state index in [0.29, 0.717) is 0 Å². The van der Waals surface area contributed by atoms with Crippen molar-refractivity contribution < 1.29 is 0 Å². The summed E-state index contributed by atoms with van der Waals surface area (Å²) in [5.41, 5.74) is 1.20. The van der Waals surface area contributed by atoms with Crippen LogP contribution in [0.25, 0.3) is 6.08 Å². The zero-order valence-electron chi connectivity index (χ0n) is 7.01. The molecule has 0 bridgehead atoms. The first-order valence-corrected chi connectivity index (χ1v) is 4.23. The molecule has 1 heteroatoms. The Bertz CT molecular complexity index is 197. The number of aromatic nitrogens is 1. The van der Waals surface area contributed by atoms with Crippen molar-refractivity contribution in [2.75, 3.05) is 0 Å². The minimum atomic E-state index is 1.19. The monoisotopic (exact) mass is 149 g/mol. The van der Waals surface area contributed by atoms with E-state index in [0.717, 1.165) is 0 Å². The zero-order valence-corrected chi connectivity index (χ0v) is 7.01. The Morgan fingerprint density at radius 3 is 3.09 bits per heavy atom. The number of allylic oxidation sites excluding steroid dienone is 1. The van der Waals surface area contributed by atoms with Gasteiger partial charge >= 0.3 is 0 Å². The van der Waals surface area contributed by atoms with Crippen molar-refractivity contribution in [3.8, 4) is 0 Å². The maximum atomic E-state index is 3.13. The molecular formula is C10H15N. The van der Waals surface area contributed by atoms with Crippen LogP contribution < -0.4 is 0 Å². The van der Waals surface area contributed by atoms with Crippen LogP contribution in [0.5, 0.6) is 0 Å². The molecule has 0 aromatic carbocycles. The molecule has 0 amide bonds. The molecule has 0 spiro atoms. The fourth-order valence-electron chi connectivity index (χ4n) is 0.980. The lowest BCUT2D eigenvalue weighted by Crippen LogP contribution is -1.69. The Morgan fingerprint density at radius 1 is 1.55 bits per heavy atom. The largest absolute Gasteiger partial charge is 0.362 e. The van der Waals surface area contributed by atoms with Crippen molar-refractivity contribution in [3.05, 3.63) is 30.1 Å². The second-order valence-corrected chi connectivity index (χ2v) is 2.67. The smallest absolute Gasteiger partial charge is 0.0377 e. The maximum absolute atomic E-state index is 3.13. The summed E-state index contributed by atoms with van der Waals surface area (Å²) in [5, 5.41) is 0. The van der Waals surface area contributed by atoms with Gasteiger partial charge in [-0.1, -0.05) is 25.8 Å². The second-order valence-electron chi connectivity index (χ2n) is 2.67. The van der Waals surface area contributed by atoms with Crippen molar-refractivity contribution in [1.29, 1.82) is 0 Å². The molecule has 0 aliphatic carbocycles. The topological polar surface area (TPSA) is 15.8 Å². The SMILES string of the molecule is CCCCC=Cc1ccc[nH]1. The normalized spacial score (nSPS) is 11.0. The summed E-state index contributed by atoms with van der Waals surface area (Å²) >= 11 is 0. The van der Waals surface area contributed by atoms with Gasteiger partial charge in [0.1, 0.15) is 0 Å². The molecule has 1 N–H and O–H groups in total. The molecule has 11 heavy (non-hydrogen) atoms. The van der Waals surface area contributed by atoms with Crippen LogP contribution in [0.4, 0.5) is 0 Å². The standard InChI is InChI=1S/C10H15N/c1-2-3-4-5-7-10-8-6-9-11-10/h5-9,11H,2-4H2,1H3. The minimum absolute atomic E-state index is 1.19. The third-order valence-corrected chi connectivity index (χ3v) is 1.64. The summed E-state index contributed by atoms with van der Waals surface area (Å²) in [6.45, 7) is 2.21. The van der Waals surface area contributed by atoms with Crippen molar-refractivity contribution in [2.24, 2.45) is 0 Å². The van der Waals surface area contributed by atoms with Crippen LogP contribution in [-0.4, -0.2) is 4.98 Å². The van der Waals surface area contributed by atoms with E-state index in [9.17, 15) is 0 Å². The second kappa shape index (κ2) is 4.78. The Labute approximate surface area is 68.1 Å². The van der Waals surface area contributed by atoms with Crippen LogP contribution in [0.3, 0.4) is 0 Å². The summed E-state index contributed by atoms with van der Waals surface area (Å²) in [6.07, 6.45) is 10.0. The van der Waals surface area contributed by atoms with Gasteiger partial charge in [-0.2, -0.15) is 0 Å². The quantitative estimate of drug-likeness (QED) is 0.633. The van der Waals surface area contributed by atoms with Gasteiger partial charge in [-0.05, 0) is 24.6 Å². The molecule has 0 aliphatic rings. The lowest BCUT2D eigenvalue weighted by atomic mass is 10.2.